The van der Waals surface area contributed by atoms with Crippen molar-refractivity contribution >= 4 is 10.8 Å². The van der Waals surface area contributed by atoms with Crippen LogP contribution in [-0.4, -0.2) is 24.4 Å². The second-order valence-corrected chi connectivity index (χ2v) is 6.72. The van der Waals surface area contributed by atoms with Crippen molar-refractivity contribution in [3.05, 3.63) is 42.0 Å². The summed E-state index contributed by atoms with van der Waals surface area (Å²) in [5.74, 6) is 1.18. The lowest BCUT2D eigenvalue weighted by Gasteiger charge is -2.17. The average molecular weight is 329 g/mol. The minimum absolute atomic E-state index is 0.226. The summed E-state index contributed by atoms with van der Waals surface area (Å²) in [6.07, 6.45) is 5.04. The lowest BCUT2D eigenvalue weighted by molar-refractivity contribution is 0.120. The van der Waals surface area contributed by atoms with Crippen molar-refractivity contribution in [3.63, 3.8) is 0 Å². The summed E-state index contributed by atoms with van der Waals surface area (Å²) in [6.45, 7) is 5.38. The number of aliphatic hydroxyl groups excluding tert-OH is 1. The third-order valence-electron chi connectivity index (χ3n) is 4.68. The summed E-state index contributed by atoms with van der Waals surface area (Å²) in [5.41, 5.74) is 6.82. The summed E-state index contributed by atoms with van der Waals surface area (Å²) in [7, 11) is 0. The van der Waals surface area contributed by atoms with E-state index in [0.717, 1.165) is 31.6 Å². The quantitative estimate of drug-likeness (QED) is 0.639. The summed E-state index contributed by atoms with van der Waals surface area (Å²) in [6, 6.07) is 12.9. The summed E-state index contributed by atoms with van der Waals surface area (Å²) in [5, 5.41) is 12.2. The highest BCUT2D eigenvalue weighted by atomic mass is 16.5. The molecule has 0 radical (unpaired) electrons. The summed E-state index contributed by atoms with van der Waals surface area (Å²) < 4.78 is 5.82. The van der Waals surface area contributed by atoms with Crippen LogP contribution in [-0.2, 0) is 6.42 Å². The van der Waals surface area contributed by atoms with E-state index in [0.29, 0.717) is 6.54 Å². The highest BCUT2D eigenvalue weighted by molar-refractivity contribution is 5.84. The predicted molar refractivity (Wildman–Crippen MR) is 102 cm³/mol. The molecule has 0 aliphatic rings. The predicted octanol–water partition coefficient (Wildman–Crippen LogP) is 4.30. The van der Waals surface area contributed by atoms with E-state index in [9.17, 15) is 5.11 Å². The number of hydrogen-bond donors (Lipinski definition) is 2. The molecule has 3 N–H and O–H groups in total. The summed E-state index contributed by atoms with van der Waals surface area (Å²) in [4.78, 5) is 0. The Hall–Kier alpha value is -1.58. The Morgan fingerprint density at radius 3 is 2.58 bits per heavy atom. The molecule has 3 heteroatoms. The van der Waals surface area contributed by atoms with Gasteiger partial charge >= 0.3 is 0 Å². The molecule has 2 atom stereocenters. The molecular weight excluding hydrogens is 298 g/mol. The zero-order valence-corrected chi connectivity index (χ0v) is 15.0. The van der Waals surface area contributed by atoms with Crippen LogP contribution in [0.1, 0.15) is 45.1 Å². The Bertz CT molecular complexity index is 626. The zero-order valence-electron chi connectivity index (χ0n) is 15.0. The van der Waals surface area contributed by atoms with Gasteiger partial charge in [0.1, 0.15) is 5.75 Å². The Balaban J connectivity index is 1.96. The molecule has 132 valence electrons. The molecular formula is C21H31NO2. The average Bonchev–Trinajstić information content (AvgIpc) is 2.62. The van der Waals surface area contributed by atoms with Crippen LogP contribution >= 0.6 is 0 Å². The van der Waals surface area contributed by atoms with Crippen molar-refractivity contribution in [1.82, 2.24) is 0 Å². The number of ether oxygens (including phenoxy) is 1. The number of unbranched alkanes of at least 4 members (excludes halogenated alkanes) is 2. The fraction of sp³-hybridized carbons (Fsp3) is 0.524. The minimum Gasteiger partial charge on any atom is -0.494 e. The molecule has 0 fully saturated rings. The van der Waals surface area contributed by atoms with Crippen molar-refractivity contribution in [3.8, 4) is 5.75 Å². The van der Waals surface area contributed by atoms with Crippen LogP contribution < -0.4 is 10.5 Å². The van der Waals surface area contributed by atoms with E-state index in [1.165, 1.54) is 29.2 Å². The van der Waals surface area contributed by atoms with Crippen LogP contribution in [0.3, 0.4) is 0 Å². The second kappa shape index (κ2) is 9.65. The van der Waals surface area contributed by atoms with Crippen molar-refractivity contribution < 1.29 is 9.84 Å². The van der Waals surface area contributed by atoms with Gasteiger partial charge in [0, 0.05) is 6.54 Å². The van der Waals surface area contributed by atoms with Crippen molar-refractivity contribution in [2.24, 2.45) is 11.7 Å². The van der Waals surface area contributed by atoms with Gasteiger partial charge in [0.05, 0.1) is 12.7 Å². The molecule has 0 amide bonds. The van der Waals surface area contributed by atoms with Gasteiger partial charge in [-0.15, -0.1) is 0 Å². The van der Waals surface area contributed by atoms with E-state index in [1.54, 1.807) is 0 Å². The molecule has 2 aromatic rings. The maximum Gasteiger partial charge on any atom is 0.119 e. The summed E-state index contributed by atoms with van der Waals surface area (Å²) >= 11 is 0. The van der Waals surface area contributed by atoms with Crippen molar-refractivity contribution in [1.29, 1.82) is 0 Å². The van der Waals surface area contributed by atoms with Crippen LogP contribution in [0.5, 0.6) is 5.75 Å². The Labute approximate surface area is 145 Å². The largest absolute Gasteiger partial charge is 0.494 e. The Morgan fingerprint density at radius 2 is 1.83 bits per heavy atom. The third-order valence-corrected chi connectivity index (χ3v) is 4.68. The van der Waals surface area contributed by atoms with Crippen molar-refractivity contribution in [2.75, 3.05) is 13.2 Å². The molecule has 0 aliphatic carbocycles. The molecule has 24 heavy (non-hydrogen) atoms. The van der Waals surface area contributed by atoms with Crippen LogP contribution in [0, 0.1) is 5.92 Å². The first-order chi connectivity index (χ1) is 11.6. The molecule has 0 saturated heterocycles. The van der Waals surface area contributed by atoms with Crippen LogP contribution in [0.2, 0.25) is 0 Å². The van der Waals surface area contributed by atoms with Gasteiger partial charge in [-0.25, -0.2) is 0 Å². The number of fused-ring (bicyclic) bond motifs is 1. The lowest BCUT2D eigenvalue weighted by Crippen LogP contribution is -2.27. The molecule has 2 rings (SSSR count). The monoisotopic (exact) mass is 329 g/mol. The molecule has 0 bridgehead atoms. The number of aryl methyl sites for hydroxylation is 1. The van der Waals surface area contributed by atoms with Gasteiger partial charge in [-0.2, -0.15) is 0 Å². The van der Waals surface area contributed by atoms with E-state index in [-0.39, 0.29) is 5.92 Å². The normalized spacial score (nSPS) is 13.8. The van der Waals surface area contributed by atoms with Gasteiger partial charge in [0.2, 0.25) is 0 Å². The molecule has 3 nitrogen and oxygen atoms in total. The molecule has 0 aromatic heterocycles. The third kappa shape index (κ3) is 5.50. The number of rotatable bonds is 10. The minimum atomic E-state index is -0.405. The van der Waals surface area contributed by atoms with Gasteiger partial charge in [-0.3, -0.25) is 0 Å². The highest BCUT2D eigenvalue weighted by Gasteiger charge is 2.12. The Morgan fingerprint density at radius 1 is 1.08 bits per heavy atom. The topological polar surface area (TPSA) is 55.5 Å². The standard InChI is InChI=1S/C21H31NO2/c1-3-4-5-12-24-20-11-10-18-13-17(8-9-19(18)14-20)7-6-16(2)21(23)15-22/h8-11,13-14,16,21,23H,3-7,12,15,22H2,1-2H3. The van der Waals surface area contributed by atoms with E-state index in [4.69, 9.17) is 10.5 Å². The second-order valence-electron chi connectivity index (χ2n) is 6.72. The van der Waals surface area contributed by atoms with Gasteiger partial charge < -0.3 is 15.6 Å². The van der Waals surface area contributed by atoms with Gasteiger partial charge in [-0.1, -0.05) is 51.0 Å². The lowest BCUT2D eigenvalue weighted by atomic mass is 9.95. The van der Waals surface area contributed by atoms with Crippen molar-refractivity contribution in [2.45, 2.75) is 52.1 Å². The maximum absolute atomic E-state index is 9.77. The first kappa shape index (κ1) is 18.8. The SMILES string of the molecule is CCCCCOc1ccc2cc(CCC(C)C(O)CN)ccc2c1. The Kier molecular flexibility index (Phi) is 7.54. The van der Waals surface area contributed by atoms with Crippen LogP contribution in [0.25, 0.3) is 10.8 Å². The fourth-order valence-electron chi connectivity index (χ4n) is 2.88. The van der Waals surface area contributed by atoms with Crippen LogP contribution in [0.4, 0.5) is 0 Å². The molecule has 0 aliphatic heterocycles. The van der Waals surface area contributed by atoms with Gasteiger partial charge in [-0.05, 0) is 53.6 Å². The first-order valence-corrected chi connectivity index (χ1v) is 9.17. The molecule has 0 saturated carbocycles. The molecule has 2 unspecified atom stereocenters. The van der Waals surface area contributed by atoms with E-state index < -0.39 is 6.10 Å². The van der Waals surface area contributed by atoms with E-state index >= 15 is 0 Å². The molecule has 0 spiro atoms. The van der Waals surface area contributed by atoms with Gasteiger partial charge in [0.25, 0.3) is 0 Å². The smallest absolute Gasteiger partial charge is 0.119 e. The first-order valence-electron chi connectivity index (χ1n) is 9.17. The number of hydrogen-bond acceptors (Lipinski definition) is 3. The fourth-order valence-corrected chi connectivity index (χ4v) is 2.88. The number of benzene rings is 2. The molecule has 2 aromatic carbocycles. The zero-order chi connectivity index (χ0) is 17.4. The highest BCUT2D eigenvalue weighted by Crippen LogP contribution is 2.23. The maximum atomic E-state index is 9.77. The van der Waals surface area contributed by atoms with Gasteiger partial charge in [0.15, 0.2) is 0 Å². The van der Waals surface area contributed by atoms with E-state index in [1.807, 2.05) is 0 Å². The number of aliphatic hydroxyl groups is 1. The van der Waals surface area contributed by atoms with Crippen LogP contribution in [0.15, 0.2) is 36.4 Å². The molecule has 0 heterocycles. The van der Waals surface area contributed by atoms with E-state index in [2.05, 4.69) is 50.2 Å². The number of nitrogens with two attached hydrogens (primary N) is 1.